The molecule has 3 heterocycles. The van der Waals surface area contributed by atoms with Gasteiger partial charge in [-0.25, -0.2) is 4.39 Å². The molecule has 1 atom stereocenters. The number of primary amides is 1. The molecule has 3 N–H and O–H groups in total. The third-order valence-electron chi connectivity index (χ3n) is 6.58. The number of halogens is 1. The Labute approximate surface area is 176 Å². The fraction of sp³-hybridized carbons (Fsp3) is 0.478. The van der Waals surface area contributed by atoms with E-state index in [1.165, 1.54) is 12.1 Å². The summed E-state index contributed by atoms with van der Waals surface area (Å²) in [4.78, 5) is 21.2. The molecule has 2 aliphatic rings. The number of hydrogen-bond donors (Lipinski definition) is 2. The third kappa shape index (κ3) is 4.18. The highest BCUT2D eigenvalue weighted by molar-refractivity contribution is 5.86. The van der Waals surface area contributed by atoms with Crippen LogP contribution in [-0.4, -0.2) is 59.2 Å². The number of piperidine rings is 2. The van der Waals surface area contributed by atoms with Crippen molar-refractivity contribution in [2.45, 2.75) is 36.7 Å². The van der Waals surface area contributed by atoms with Crippen LogP contribution in [0.4, 0.5) is 10.1 Å². The Morgan fingerprint density at radius 1 is 1.13 bits per heavy atom. The first-order valence-electron chi connectivity index (χ1n) is 10.6. The van der Waals surface area contributed by atoms with Crippen molar-refractivity contribution >= 4 is 11.6 Å². The number of rotatable bonds is 5. The summed E-state index contributed by atoms with van der Waals surface area (Å²) in [5.74, 6) is -0.613. The second-order valence-corrected chi connectivity index (χ2v) is 8.67. The van der Waals surface area contributed by atoms with Crippen molar-refractivity contribution in [2.24, 2.45) is 5.73 Å². The molecule has 0 saturated carbocycles. The van der Waals surface area contributed by atoms with Crippen molar-refractivity contribution in [2.75, 3.05) is 37.6 Å². The second kappa shape index (κ2) is 8.32. The van der Waals surface area contributed by atoms with E-state index in [9.17, 15) is 14.3 Å². The zero-order valence-electron chi connectivity index (χ0n) is 17.1. The molecule has 4 rings (SSSR count). The van der Waals surface area contributed by atoms with Crippen LogP contribution in [0.5, 0.6) is 0 Å². The largest absolute Gasteiger partial charge is 0.388 e. The number of aliphatic hydroxyl groups is 1. The minimum atomic E-state index is -0.839. The van der Waals surface area contributed by atoms with Gasteiger partial charge < -0.3 is 15.7 Å². The van der Waals surface area contributed by atoms with Crippen LogP contribution in [0.3, 0.4) is 0 Å². The Kier molecular flexibility index (Phi) is 5.75. The summed E-state index contributed by atoms with van der Waals surface area (Å²) < 4.78 is 13.5. The normalized spacial score (nSPS) is 24.5. The number of anilines is 1. The van der Waals surface area contributed by atoms with Crippen molar-refractivity contribution in [3.05, 3.63) is 60.2 Å². The summed E-state index contributed by atoms with van der Waals surface area (Å²) >= 11 is 0. The van der Waals surface area contributed by atoms with Gasteiger partial charge in [-0.1, -0.05) is 12.1 Å². The smallest absolute Gasteiger partial charge is 0.230 e. The van der Waals surface area contributed by atoms with E-state index in [0.717, 1.165) is 18.7 Å². The first kappa shape index (κ1) is 20.8. The highest BCUT2D eigenvalue weighted by Crippen LogP contribution is 2.35. The number of carbonyl (C=O) groups is 1. The average Bonchev–Trinajstić information content (AvgIpc) is 2.74. The van der Waals surface area contributed by atoms with Gasteiger partial charge in [0.1, 0.15) is 11.2 Å². The standard InChI is InChI=1S/C23H29FN4O2/c24-18-5-3-6-19(15-18)28-13-9-22(30,10-14-28)16-27-12-4-8-23(17-27,21(25)29)20-7-1-2-11-26-20/h1-3,5-7,11,15,30H,4,8-10,12-14,16-17H2,(H2,25,29). The molecule has 2 saturated heterocycles. The molecule has 1 aromatic carbocycles. The molecule has 2 aliphatic heterocycles. The van der Waals surface area contributed by atoms with E-state index in [1.54, 1.807) is 12.3 Å². The van der Waals surface area contributed by atoms with Gasteiger partial charge in [-0.05, 0) is 62.6 Å². The average molecular weight is 413 g/mol. The van der Waals surface area contributed by atoms with E-state index in [0.29, 0.717) is 51.1 Å². The van der Waals surface area contributed by atoms with Crippen LogP contribution in [0.15, 0.2) is 48.7 Å². The zero-order valence-corrected chi connectivity index (χ0v) is 17.1. The molecular formula is C23H29FN4O2. The lowest BCUT2D eigenvalue weighted by Gasteiger charge is -2.46. The van der Waals surface area contributed by atoms with Gasteiger partial charge in [0.25, 0.3) is 0 Å². The van der Waals surface area contributed by atoms with Crippen molar-refractivity contribution in [3.8, 4) is 0 Å². The van der Waals surface area contributed by atoms with Crippen molar-refractivity contribution in [1.29, 1.82) is 0 Å². The lowest BCUT2D eigenvalue weighted by atomic mass is 9.75. The van der Waals surface area contributed by atoms with Gasteiger partial charge in [0.05, 0.1) is 11.3 Å². The van der Waals surface area contributed by atoms with Gasteiger partial charge in [-0.3, -0.25) is 14.7 Å². The number of benzene rings is 1. The van der Waals surface area contributed by atoms with E-state index in [4.69, 9.17) is 5.73 Å². The zero-order chi connectivity index (χ0) is 21.2. The predicted molar refractivity (Wildman–Crippen MR) is 114 cm³/mol. The van der Waals surface area contributed by atoms with Crippen LogP contribution in [0.1, 0.15) is 31.4 Å². The van der Waals surface area contributed by atoms with Gasteiger partial charge >= 0.3 is 0 Å². The lowest BCUT2D eigenvalue weighted by Crippen LogP contribution is -2.58. The minimum absolute atomic E-state index is 0.251. The Bertz CT molecular complexity index is 886. The molecule has 2 aromatic rings. The first-order valence-corrected chi connectivity index (χ1v) is 10.6. The van der Waals surface area contributed by atoms with Gasteiger partial charge in [0, 0.05) is 38.1 Å². The van der Waals surface area contributed by atoms with Crippen LogP contribution in [0.2, 0.25) is 0 Å². The number of β-amino-alcohol motifs (C(OH)–C–C–N with tert-alkyl or cyclic N) is 1. The van der Waals surface area contributed by atoms with E-state index in [2.05, 4.69) is 14.8 Å². The number of likely N-dealkylation sites (tertiary alicyclic amines) is 1. The molecule has 1 amide bonds. The van der Waals surface area contributed by atoms with E-state index < -0.39 is 11.0 Å². The van der Waals surface area contributed by atoms with Crippen LogP contribution in [0, 0.1) is 5.82 Å². The number of hydrogen-bond acceptors (Lipinski definition) is 5. The second-order valence-electron chi connectivity index (χ2n) is 8.67. The summed E-state index contributed by atoms with van der Waals surface area (Å²) in [6.07, 6.45) is 4.36. The summed E-state index contributed by atoms with van der Waals surface area (Å²) in [7, 11) is 0. The third-order valence-corrected chi connectivity index (χ3v) is 6.58. The molecule has 6 nitrogen and oxygen atoms in total. The highest BCUT2D eigenvalue weighted by atomic mass is 19.1. The Hall–Kier alpha value is -2.51. The van der Waals surface area contributed by atoms with Crippen molar-refractivity contribution in [1.82, 2.24) is 9.88 Å². The van der Waals surface area contributed by atoms with E-state index in [-0.39, 0.29) is 11.7 Å². The van der Waals surface area contributed by atoms with E-state index in [1.807, 2.05) is 24.3 Å². The molecule has 160 valence electrons. The number of pyridine rings is 1. The Balaban J connectivity index is 1.43. The molecule has 0 spiro atoms. The Morgan fingerprint density at radius 3 is 2.60 bits per heavy atom. The van der Waals surface area contributed by atoms with E-state index >= 15 is 0 Å². The van der Waals surface area contributed by atoms with Crippen LogP contribution in [-0.2, 0) is 10.2 Å². The molecule has 2 fully saturated rings. The summed E-state index contributed by atoms with van der Waals surface area (Å²) in [5.41, 5.74) is 5.74. The number of carbonyl (C=O) groups excluding carboxylic acids is 1. The number of aromatic nitrogens is 1. The molecule has 30 heavy (non-hydrogen) atoms. The summed E-state index contributed by atoms with van der Waals surface area (Å²) in [6, 6.07) is 12.1. The molecular weight excluding hydrogens is 383 g/mol. The fourth-order valence-electron chi connectivity index (χ4n) is 4.89. The summed E-state index contributed by atoms with van der Waals surface area (Å²) in [5, 5.41) is 11.2. The lowest BCUT2D eigenvalue weighted by molar-refractivity contribution is -0.126. The molecule has 1 unspecified atom stereocenters. The van der Waals surface area contributed by atoms with Crippen LogP contribution in [0.25, 0.3) is 0 Å². The molecule has 0 bridgehead atoms. The maximum atomic E-state index is 13.5. The summed E-state index contributed by atoms with van der Waals surface area (Å²) in [6.45, 7) is 3.10. The minimum Gasteiger partial charge on any atom is -0.388 e. The molecule has 7 heteroatoms. The SMILES string of the molecule is NC(=O)C1(c2ccccn2)CCCN(CC2(O)CCN(c3cccc(F)c3)CC2)C1. The van der Waals surface area contributed by atoms with Gasteiger partial charge in [-0.2, -0.15) is 0 Å². The number of nitrogens with zero attached hydrogens (tertiary/aromatic N) is 3. The molecule has 0 aliphatic carbocycles. The van der Waals surface area contributed by atoms with Crippen LogP contribution >= 0.6 is 0 Å². The molecule has 0 radical (unpaired) electrons. The van der Waals surface area contributed by atoms with Gasteiger partial charge in [0.15, 0.2) is 0 Å². The quantitative estimate of drug-likeness (QED) is 0.786. The van der Waals surface area contributed by atoms with Gasteiger partial charge in [-0.15, -0.1) is 0 Å². The maximum Gasteiger partial charge on any atom is 0.230 e. The highest BCUT2D eigenvalue weighted by Gasteiger charge is 2.45. The van der Waals surface area contributed by atoms with Crippen LogP contribution < -0.4 is 10.6 Å². The van der Waals surface area contributed by atoms with Gasteiger partial charge in [0.2, 0.25) is 5.91 Å². The Morgan fingerprint density at radius 2 is 1.93 bits per heavy atom. The number of nitrogens with two attached hydrogens (primary N) is 1. The maximum absolute atomic E-state index is 13.5. The first-order chi connectivity index (χ1) is 14.4. The van der Waals surface area contributed by atoms with Crippen molar-refractivity contribution < 1.29 is 14.3 Å². The molecule has 1 aromatic heterocycles. The van der Waals surface area contributed by atoms with Crippen molar-refractivity contribution in [3.63, 3.8) is 0 Å². The monoisotopic (exact) mass is 412 g/mol. The topological polar surface area (TPSA) is 82.7 Å². The number of amides is 1. The fourth-order valence-corrected chi connectivity index (χ4v) is 4.89. The predicted octanol–water partition coefficient (Wildman–Crippen LogP) is 2.07.